The van der Waals surface area contributed by atoms with Gasteiger partial charge in [-0.1, -0.05) is 11.6 Å². The van der Waals surface area contributed by atoms with Gasteiger partial charge in [0.05, 0.1) is 5.92 Å². The molecule has 0 saturated heterocycles. The maximum Gasteiger partial charge on any atom is 0.310 e. The van der Waals surface area contributed by atoms with E-state index in [1.807, 2.05) is 19.9 Å². The highest BCUT2D eigenvalue weighted by Crippen LogP contribution is 2.07. The smallest absolute Gasteiger partial charge is 0.310 e. The molecule has 0 aromatic heterocycles. The first-order chi connectivity index (χ1) is 4.09. The Morgan fingerprint density at radius 3 is 2.22 bits per heavy atom. The van der Waals surface area contributed by atoms with Gasteiger partial charge in [-0.25, -0.2) is 0 Å². The molecule has 0 aliphatic carbocycles. The Morgan fingerprint density at radius 2 is 2.11 bits per heavy atom. The molecular formula is C7H12O2. The van der Waals surface area contributed by atoms with Gasteiger partial charge < -0.3 is 5.11 Å². The number of carboxylic acid groups (broad SMARTS) is 1. The summed E-state index contributed by atoms with van der Waals surface area (Å²) < 4.78 is 0. The average Bonchev–Trinajstić information content (AvgIpc) is 1.84. The Balaban J connectivity index is 4.04. The van der Waals surface area contributed by atoms with E-state index in [-0.39, 0.29) is 5.92 Å². The molecule has 2 nitrogen and oxygen atoms in total. The van der Waals surface area contributed by atoms with Gasteiger partial charge in [-0.2, -0.15) is 0 Å². The normalized spacial score (nSPS) is 15.2. The van der Waals surface area contributed by atoms with E-state index >= 15 is 0 Å². The van der Waals surface area contributed by atoms with Crippen LogP contribution in [0.3, 0.4) is 0 Å². The van der Waals surface area contributed by atoms with Crippen molar-refractivity contribution in [2.45, 2.75) is 20.8 Å². The lowest BCUT2D eigenvalue weighted by Gasteiger charge is -2.03. The molecule has 0 aromatic carbocycles. The van der Waals surface area contributed by atoms with Crippen LogP contribution in [0.25, 0.3) is 0 Å². The Morgan fingerprint density at radius 1 is 1.67 bits per heavy atom. The molecule has 0 heterocycles. The topological polar surface area (TPSA) is 37.3 Å². The van der Waals surface area contributed by atoms with Gasteiger partial charge in [-0.3, -0.25) is 4.79 Å². The van der Waals surface area contributed by atoms with Crippen LogP contribution in [-0.4, -0.2) is 11.1 Å². The van der Waals surface area contributed by atoms with E-state index < -0.39 is 5.97 Å². The molecule has 0 amide bonds. The molecular weight excluding hydrogens is 116 g/mol. The summed E-state index contributed by atoms with van der Waals surface area (Å²) in [5, 5.41) is 8.44. The summed E-state index contributed by atoms with van der Waals surface area (Å²) in [6.45, 7) is 5.34. The molecule has 2 heteroatoms. The van der Waals surface area contributed by atoms with E-state index in [2.05, 4.69) is 0 Å². The number of carbonyl (C=O) groups is 1. The third-order valence-electron chi connectivity index (χ3n) is 1.51. The van der Waals surface area contributed by atoms with Gasteiger partial charge in [0.25, 0.3) is 0 Å². The van der Waals surface area contributed by atoms with Crippen LogP contribution in [0.15, 0.2) is 11.6 Å². The van der Waals surface area contributed by atoms with Crippen molar-refractivity contribution in [2.75, 3.05) is 0 Å². The lowest BCUT2D eigenvalue weighted by molar-refractivity contribution is -0.139. The van der Waals surface area contributed by atoms with Crippen LogP contribution < -0.4 is 0 Å². The van der Waals surface area contributed by atoms with Gasteiger partial charge in [-0.05, 0) is 20.8 Å². The van der Waals surface area contributed by atoms with Crippen molar-refractivity contribution in [3.05, 3.63) is 11.6 Å². The van der Waals surface area contributed by atoms with E-state index in [1.54, 1.807) is 6.92 Å². The molecule has 0 spiro atoms. The fourth-order valence-corrected chi connectivity index (χ4v) is 0.445. The highest BCUT2D eigenvalue weighted by molar-refractivity contribution is 5.72. The van der Waals surface area contributed by atoms with E-state index in [9.17, 15) is 4.79 Å². The van der Waals surface area contributed by atoms with Crippen LogP contribution >= 0.6 is 0 Å². The number of rotatable bonds is 2. The molecule has 0 fully saturated rings. The molecule has 0 aliphatic rings. The Hall–Kier alpha value is -0.790. The highest BCUT2D eigenvalue weighted by Gasteiger charge is 2.10. The molecule has 0 aliphatic heterocycles. The first-order valence-electron chi connectivity index (χ1n) is 2.95. The quantitative estimate of drug-likeness (QED) is 0.574. The van der Waals surface area contributed by atoms with E-state index in [4.69, 9.17) is 5.11 Å². The van der Waals surface area contributed by atoms with Gasteiger partial charge >= 0.3 is 5.97 Å². The molecule has 1 N–H and O–H groups in total. The Kier molecular flexibility index (Phi) is 2.99. The number of hydrogen-bond acceptors (Lipinski definition) is 1. The van der Waals surface area contributed by atoms with Crippen molar-refractivity contribution in [1.82, 2.24) is 0 Å². The van der Waals surface area contributed by atoms with Gasteiger partial charge in [0.2, 0.25) is 0 Å². The van der Waals surface area contributed by atoms with E-state index in [0.717, 1.165) is 5.57 Å². The zero-order valence-electron chi connectivity index (χ0n) is 6.01. The van der Waals surface area contributed by atoms with Crippen LogP contribution in [0.4, 0.5) is 0 Å². The molecule has 0 bridgehead atoms. The summed E-state index contributed by atoms with van der Waals surface area (Å²) in [7, 11) is 0. The van der Waals surface area contributed by atoms with Crippen molar-refractivity contribution in [3.63, 3.8) is 0 Å². The molecule has 1 atom stereocenters. The van der Waals surface area contributed by atoms with Crippen molar-refractivity contribution in [1.29, 1.82) is 0 Å². The summed E-state index contributed by atoms with van der Waals surface area (Å²) in [5.74, 6) is -1.10. The first kappa shape index (κ1) is 8.21. The van der Waals surface area contributed by atoms with Gasteiger partial charge in [0.15, 0.2) is 0 Å². The maximum absolute atomic E-state index is 10.3. The minimum atomic E-state index is -0.759. The second-order valence-electron chi connectivity index (χ2n) is 2.09. The third kappa shape index (κ3) is 2.31. The second kappa shape index (κ2) is 3.28. The van der Waals surface area contributed by atoms with Gasteiger partial charge in [0, 0.05) is 0 Å². The first-order valence-corrected chi connectivity index (χ1v) is 2.95. The second-order valence-corrected chi connectivity index (χ2v) is 2.09. The molecule has 52 valence electrons. The van der Waals surface area contributed by atoms with E-state index in [1.165, 1.54) is 0 Å². The molecule has 0 rings (SSSR count). The highest BCUT2D eigenvalue weighted by atomic mass is 16.4. The third-order valence-corrected chi connectivity index (χ3v) is 1.51. The lowest BCUT2D eigenvalue weighted by atomic mass is 10.0. The summed E-state index contributed by atoms with van der Waals surface area (Å²) in [6.07, 6.45) is 1.82. The predicted octanol–water partition coefficient (Wildman–Crippen LogP) is 1.67. The van der Waals surface area contributed by atoms with E-state index in [0.29, 0.717) is 0 Å². The predicted molar refractivity (Wildman–Crippen MR) is 36.2 cm³/mol. The number of carboxylic acids is 1. The molecule has 0 radical (unpaired) electrons. The van der Waals surface area contributed by atoms with Gasteiger partial charge in [0.1, 0.15) is 0 Å². The SMILES string of the molecule is C/C=C(\C)[C@@H](C)C(=O)O. The zero-order chi connectivity index (χ0) is 7.44. The fraction of sp³-hybridized carbons (Fsp3) is 0.571. The number of hydrogen-bond donors (Lipinski definition) is 1. The largest absolute Gasteiger partial charge is 0.481 e. The van der Waals surface area contributed by atoms with Crippen LogP contribution in [0.1, 0.15) is 20.8 Å². The molecule has 0 aromatic rings. The van der Waals surface area contributed by atoms with Crippen molar-refractivity contribution >= 4 is 5.97 Å². The van der Waals surface area contributed by atoms with Crippen LogP contribution in [0, 0.1) is 5.92 Å². The monoisotopic (exact) mass is 128 g/mol. The Bertz CT molecular complexity index is 136. The minimum Gasteiger partial charge on any atom is -0.481 e. The lowest BCUT2D eigenvalue weighted by Crippen LogP contribution is -2.09. The molecule has 0 unspecified atom stereocenters. The average molecular weight is 128 g/mol. The van der Waals surface area contributed by atoms with Crippen LogP contribution in [0.5, 0.6) is 0 Å². The van der Waals surface area contributed by atoms with Crippen molar-refractivity contribution in [3.8, 4) is 0 Å². The minimum absolute atomic E-state index is 0.338. The van der Waals surface area contributed by atoms with Crippen molar-refractivity contribution in [2.24, 2.45) is 5.92 Å². The van der Waals surface area contributed by atoms with Crippen LogP contribution in [0.2, 0.25) is 0 Å². The number of aliphatic carboxylic acids is 1. The summed E-state index contributed by atoms with van der Waals surface area (Å²) in [4.78, 5) is 10.3. The molecule has 9 heavy (non-hydrogen) atoms. The maximum atomic E-state index is 10.3. The zero-order valence-corrected chi connectivity index (χ0v) is 6.01. The summed E-state index contributed by atoms with van der Waals surface area (Å²) >= 11 is 0. The fourth-order valence-electron chi connectivity index (χ4n) is 0.445. The molecule has 0 saturated carbocycles. The van der Waals surface area contributed by atoms with Crippen molar-refractivity contribution < 1.29 is 9.90 Å². The summed E-state index contributed by atoms with van der Waals surface area (Å²) in [5.41, 5.74) is 0.905. The van der Waals surface area contributed by atoms with Crippen LogP contribution in [-0.2, 0) is 4.79 Å². The summed E-state index contributed by atoms with van der Waals surface area (Å²) in [6, 6.07) is 0. The number of allylic oxidation sites excluding steroid dienone is 1. The standard InChI is InChI=1S/C7H12O2/c1-4-5(2)6(3)7(8)9/h4,6H,1-3H3,(H,8,9)/b5-4+/t6-/m1/s1. The Labute approximate surface area is 55.2 Å². The van der Waals surface area contributed by atoms with Gasteiger partial charge in [-0.15, -0.1) is 0 Å².